The third-order valence-electron chi connectivity index (χ3n) is 0.734. The third kappa shape index (κ3) is 6.69. The number of rotatable bonds is 1. The summed E-state index contributed by atoms with van der Waals surface area (Å²) in [7, 11) is 1.30. The molecule has 0 aromatic heterocycles. The minimum absolute atomic E-state index is 0.422. The maximum Gasteiger partial charge on any atom is 0.331 e. The van der Waals surface area contributed by atoms with Gasteiger partial charge in [-0.1, -0.05) is 23.4 Å². The highest BCUT2D eigenvalue weighted by Gasteiger charge is 1.85. The molecule has 0 N–H and O–H groups in total. The van der Waals surface area contributed by atoms with E-state index in [9.17, 15) is 4.79 Å². The van der Waals surface area contributed by atoms with E-state index in [0.29, 0.717) is 0 Å². The molecule has 0 radical (unpaired) electrons. The van der Waals surface area contributed by atoms with E-state index in [1.807, 2.05) is 0 Å². The predicted molar refractivity (Wildman–Crippen MR) is 43.9 cm³/mol. The van der Waals surface area contributed by atoms with Gasteiger partial charge < -0.3 is 4.74 Å². The fourth-order valence-electron chi connectivity index (χ4n) is 0.305. The van der Waals surface area contributed by atoms with Crippen LogP contribution in [-0.4, -0.2) is 13.1 Å². The zero-order chi connectivity index (χ0) is 8.53. The first-order chi connectivity index (χ1) is 5.31. The van der Waals surface area contributed by atoms with Crippen molar-refractivity contribution in [2.45, 2.75) is 0 Å². The van der Waals surface area contributed by atoms with E-state index in [1.54, 1.807) is 0 Å². The molecular weight excluding hydrogens is 164 g/mol. The molecule has 3 heteroatoms. The van der Waals surface area contributed by atoms with Crippen molar-refractivity contribution in [2.75, 3.05) is 7.11 Å². The van der Waals surface area contributed by atoms with Gasteiger partial charge >= 0.3 is 5.97 Å². The highest BCUT2D eigenvalue weighted by Crippen LogP contribution is 1.77. The van der Waals surface area contributed by atoms with Gasteiger partial charge in [-0.05, 0) is 12.2 Å². The Morgan fingerprint density at radius 3 is 2.64 bits per heavy atom. The van der Waals surface area contributed by atoms with Gasteiger partial charge in [0.15, 0.2) is 0 Å². The van der Waals surface area contributed by atoms with Gasteiger partial charge in [0.2, 0.25) is 0 Å². The molecule has 0 spiro atoms. The van der Waals surface area contributed by atoms with Gasteiger partial charge in [-0.25, -0.2) is 4.79 Å². The van der Waals surface area contributed by atoms with Gasteiger partial charge in [-0.2, -0.15) is 0 Å². The van der Waals surface area contributed by atoms with Gasteiger partial charge in [0.1, 0.15) is 0 Å². The summed E-state index contributed by atoms with van der Waals surface area (Å²) in [6.45, 7) is 0. The van der Waals surface area contributed by atoms with Crippen LogP contribution < -0.4 is 0 Å². The van der Waals surface area contributed by atoms with Crippen LogP contribution in [0, 0.1) is 11.8 Å². The van der Waals surface area contributed by atoms with Crippen molar-refractivity contribution in [2.24, 2.45) is 0 Å². The second-order valence-corrected chi connectivity index (χ2v) is 1.69. The van der Waals surface area contributed by atoms with Crippen molar-refractivity contribution in [3.05, 3.63) is 23.8 Å². The van der Waals surface area contributed by atoms with Crippen LogP contribution in [0.1, 0.15) is 0 Å². The third-order valence-corrected chi connectivity index (χ3v) is 0.860. The van der Waals surface area contributed by atoms with Gasteiger partial charge in [-0.3, -0.25) is 0 Å². The number of ether oxygens (including phenoxy) is 1. The summed E-state index contributed by atoms with van der Waals surface area (Å²) in [6, 6.07) is 0. The quantitative estimate of drug-likeness (QED) is 0.339. The van der Waals surface area contributed by atoms with Crippen molar-refractivity contribution in [1.29, 1.82) is 0 Å². The number of halogens is 1. The molecule has 0 saturated heterocycles. The number of carbonyl (C=O) groups is 1. The number of hydrogen-bond acceptors (Lipinski definition) is 2. The van der Waals surface area contributed by atoms with E-state index in [1.165, 1.54) is 30.9 Å². The molecule has 0 aliphatic carbocycles. The molecule has 0 bridgehead atoms. The average Bonchev–Trinajstić information content (AvgIpc) is 2.04. The van der Waals surface area contributed by atoms with Gasteiger partial charge in [0.05, 0.1) is 7.11 Å². The summed E-state index contributed by atoms with van der Waals surface area (Å²) in [4.78, 5) is 10.4. The van der Waals surface area contributed by atoms with E-state index in [4.69, 9.17) is 11.6 Å². The van der Waals surface area contributed by atoms with Crippen LogP contribution >= 0.6 is 11.6 Å². The first kappa shape index (κ1) is 9.80. The Labute approximate surface area is 70.5 Å². The Hall–Kier alpha value is -1.20. The average molecular weight is 171 g/mol. The topological polar surface area (TPSA) is 26.3 Å². The van der Waals surface area contributed by atoms with Crippen LogP contribution in [0.4, 0.5) is 0 Å². The molecule has 0 rings (SSSR count). The standard InChI is InChI=1S/C8H7ClO2/c1-11-8(10)6-4-2-3-5-7-9/h4-7H,1H3/b6-4+,7-5+. The Kier molecular flexibility index (Phi) is 6.16. The fraction of sp³-hybridized carbons (Fsp3) is 0.125. The molecule has 0 amide bonds. The number of esters is 1. The lowest BCUT2D eigenvalue weighted by molar-refractivity contribution is -0.134. The first-order valence-electron chi connectivity index (χ1n) is 2.82. The maximum atomic E-state index is 10.4. The minimum atomic E-state index is -0.422. The smallest absolute Gasteiger partial charge is 0.331 e. The zero-order valence-corrected chi connectivity index (χ0v) is 6.76. The summed E-state index contributed by atoms with van der Waals surface area (Å²) in [5.74, 6) is 4.68. The normalized spacial score (nSPS) is 9.64. The van der Waals surface area contributed by atoms with E-state index < -0.39 is 5.97 Å². The lowest BCUT2D eigenvalue weighted by Crippen LogP contribution is -1.92. The summed E-state index contributed by atoms with van der Waals surface area (Å²) in [6.07, 6.45) is 4.08. The number of methoxy groups -OCH3 is 1. The summed E-state index contributed by atoms with van der Waals surface area (Å²) >= 11 is 5.17. The SMILES string of the molecule is COC(=O)/C=C/C#C/C=C/Cl. The number of allylic oxidation sites excluding steroid dienone is 2. The first-order valence-corrected chi connectivity index (χ1v) is 3.25. The summed E-state index contributed by atoms with van der Waals surface area (Å²) < 4.78 is 4.32. The van der Waals surface area contributed by atoms with E-state index in [2.05, 4.69) is 16.6 Å². The van der Waals surface area contributed by atoms with E-state index in [-0.39, 0.29) is 0 Å². The Morgan fingerprint density at radius 2 is 2.09 bits per heavy atom. The van der Waals surface area contributed by atoms with E-state index >= 15 is 0 Å². The molecule has 11 heavy (non-hydrogen) atoms. The van der Waals surface area contributed by atoms with Crippen molar-refractivity contribution in [3.8, 4) is 11.8 Å². The van der Waals surface area contributed by atoms with Crippen LogP contribution in [0.15, 0.2) is 23.8 Å². The van der Waals surface area contributed by atoms with Crippen LogP contribution in [0.5, 0.6) is 0 Å². The molecule has 0 aliphatic rings. The lowest BCUT2D eigenvalue weighted by atomic mass is 10.5. The van der Waals surface area contributed by atoms with Gasteiger partial charge in [-0.15, -0.1) is 0 Å². The molecular formula is C8H7ClO2. The molecule has 0 heterocycles. The molecule has 58 valence electrons. The van der Waals surface area contributed by atoms with Crippen LogP contribution in [-0.2, 0) is 9.53 Å². The Balaban J connectivity index is 3.79. The monoisotopic (exact) mass is 170 g/mol. The molecule has 0 aromatic carbocycles. The number of carbonyl (C=O) groups excluding carboxylic acids is 1. The number of hydrogen-bond donors (Lipinski definition) is 0. The minimum Gasteiger partial charge on any atom is -0.466 e. The summed E-state index contributed by atoms with van der Waals surface area (Å²) in [5, 5.41) is 0. The van der Waals surface area contributed by atoms with Crippen LogP contribution in [0.25, 0.3) is 0 Å². The second kappa shape index (κ2) is 6.91. The van der Waals surface area contributed by atoms with Crippen molar-refractivity contribution < 1.29 is 9.53 Å². The molecule has 0 aliphatic heterocycles. The molecule has 0 fully saturated rings. The highest BCUT2D eigenvalue weighted by molar-refractivity contribution is 6.25. The lowest BCUT2D eigenvalue weighted by Gasteiger charge is -1.84. The maximum absolute atomic E-state index is 10.4. The van der Waals surface area contributed by atoms with Crippen molar-refractivity contribution in [3.63, 3.8) is 0 Å². The fourth-order valence-corrected chi connectivity index (χ4v) is 0.368. The van der Waals surface area contributed by atoms with Gasteiger partial charge in [0, 0.05) is 11.6 Å². The van der Waals surface area contributed by atoms with Crippen molar-refractivity contribution in [1.82, 2.24) is 0 Å². The summed E-state index contributed by atoms with van der Waals surface area (Å²) in [5.41, 5.74) is 1.29. The molecule has 0 saturated carbocycles. The Morgan fingerprint density at radius 1 is 1.45 bits per heavy atom. The zero-order valence-electron chi connectivity index (χ0n) is 6.00. The largest absolute Gasteiger partial charge is 0.466 e. The molecule has 2 nitrogen and oxygen atoms in total. The van der Waals surface area contributed by atoms with Crippen LogP contribution in [0.2, 0.25) is 0 Å². The van der Waals surface area contributed by atoms with Gasteiger partial charge in [0.25, 0.3) is 0 Å². The predicted octanol–water partition coefficient (Wildman–Crippen LogP) is 1.47. The molecule has 0 atom stereocenters. The van der Waals surface area contributed by atoms with Crippen LogP contribution in [0.3, 0.4) is 0 Å². The molecule has 0 aromatic rings. The van der Waals surface area contributed by atoms with E-state index in [0.717, 1.165) is 0 Å². The molecule has 0 unspecified atom stereocenters. The van der Waals surface area contributed by atoms with Crippen molar-refractivity contribution >= 4 is 17.6 Å². The Bertz CT molecular complexity index is 230. The second-order valence-electron chi connectivity index (χ2n) is 1.44. The highest BCUT2D eigenvalue weighted by atomic mass is 35.5.